The number of aliphatic carboxylic acids is 1. The van der Waals surface area contributed by atoms with Gasteiger partial charge in [-0.2, -0.15) is 0 Å². The normalized spacial score (nSPS) is 13.9. The van der Waals surface area contributed by atoms with Crippen LogP contribution in [0.3, 0.4) is 0 Å². The molecule has 8 heteroatoms. The van der Waals surface area contributed by atoms with Crippen LogP contribution in [0, 0.1) is 12.7 Å². The number of amides is 1. The predicted octanol–water partition coefficient (Wildman–Crippen LogP) is 5.39. The maximum Gasteiger partial charge on any atom is 0.326 e. The van der Waals surface area contributed by atoms with Crippen molar-refractivity contribution in [2.75, 3.05) is 27.8 Å². The average molecular weight is 557 g/mol. The molecule has 1 amide bonds. The number of hydrogen-bond donors (Lipinski definition) is 2. The number of hydrogen-bond acceptors (Lipinski definition) is 5. The summed E-state index contributed by atoms with van der Waals surface area (Å²) < 4.78 is 26.3. The summed E-state index contributed by atoms with van der Waals surface area (Å²) >= 11 is 0. The van der Waals surface area contributed by atoms with E-state index >= 15 is 0 Å². The molecule has 1 heterocycles. The first-order valence-electron chi connectivity index (χ1n) is 13.5. The fourth-order valence-electron chi connectivity index (χ4n) is 5.77. The predicted molar refractivity (Wildman–Crippen MR) is 156 cm³/mol. The topological polar surface area (TPSA) is 88.1 Å². The van der Waals surface area contributed by atoms with Crippen molar-refractivity contribution in [2.45, 2.75) is 32.4 Å². The minimum Gasteiger partial charge on any atom is -0.496 e. The number of methoxy groups -OCH3 is 2. The number of likely N-dealkylation sites (N-methyl/N-ethyl adjacent to an activating group) is 1. The van der Waals surface area contributed by atoms with Gasteiger partial charge in [0.15, 0.2) is 0 Å². The summed E-state index contributed by atoms with van der Waals surface area (Å²) in [5.41, 5.74) is 5.07. The zero-order valence-electron chi connectivity index (χ0n) is 23.6. The van der Waals surface area contributed by atoms with E-state index in [4.69, 9.17) is 9.47 Å². The second kappa shape index (κ2) is 11.6. The molecule has 4 aromatic rings. The third-order valence-corrected chi connectivity index (χ3v) is 7.81. The van der Waals surface area contributed by atoms with Crippen LogP contribution in [0.1, 0.15) is 32.6 Å². The molecular weight excluding hydrogens is 523 g/mol. The van der Waals surface area contributed by atoms with E-state index in [1.807, 2.05) is 36.4 Å². The molecule has 4 aromatic carbocycles. The summed E-state index contributed by atoms with van der Waals surface area (Å²) in [6.45, 7) is 3.32. The molecule has 0 aliphatic carbocycles. The van der Waals surface area contributed by atoms with Crippen LogP contribution >= 0.6 is 0 Å². The van der Waals surface area contributed by atoms with Crippen molar-refractivity contribution in [2.24, 2.45) is 0 Å². The summed E-state index contributed by atoms with van der Waals surface area (Å²) in [7, 11) is 5.40. The zero-order chi connectivity index (χ0) is 29.3. The molecule has 5 rings (SSSR count). The molecule has 0 unspecified atom stereocenters. The van der Waals surface area contributed by atoms with Crippen molar-refractivity contribution in [3.05, 3.63) is 94.3 Å². The molecule has 0 fully saturated rings. The number of aryl methyl sites for hydroxylation is 1. The van der Waals surface area contributed by atoms with Crippen LogP contribution in [0.2, 0.25) is 0 Å². The lowest BCUT2D eigenvalue weighted by Gasteiger charge is -2.29. The fraction of sp³-hybridized carbons (Fsp3) is 0.273. The van der Waals surface area contributed by atoms with Crippen molar-refractivity contribution in [1.82, 2.24) is 10.2 Å². The Balaban J connectivity index is 1.57. The van der Waals surface area contributed by atoms with Gasteiger partial charge in [0.05, 0.1) is 25.3 Å². The Morgan fingerprint density at radius 2 is 1.78 bits per heavy atom. The second-order valence-corrected chi connectivity index (χ2v) is 10.4. The van der Waals surface area contributed by atoms with Gasteiger partial charge in [0.25, 0.3) is 5.91 Å². The Hall–Kier alpha value is -4.43. The number of rotatable bonds is 8. The largest absolute Gasteiger partial charge is 0.496 e. The summed E-state index contributed by atoms with van der Waals surface area (Å²) in [6.07, 6.45) is 0.909. The number of nitrogens with zero attached hydrogens (tertiary/aromatic N) is 1. The number of fused-ring (bicyclic) bond motifs is 2. The van der Waals surface area contributed by atoms with E-state index in [1.165, 1.54) is 17.7 Å². The smallest absolute Gasteiger partial charge is 0.326 e. The third-order valence-electron chi connectivity index (χ3n) is 7.81. The highest BCUT2D eigenvalue weighted by Gasteiger charge is 2.27. The summed E-state index contributed by atoms with van der Waals surface area (Å²) in [4.78, 5) is 27.4. The molecule has 0 bridgehead atoms. The van der Waals surface area contributed by atoms with E-state index in [-0.39, 0.29) is 12.0 Å². The molecule has 7 nitrogen and oxygen atoms in total. The molecule has 0 radical (unpaired) electrons. The van der Waals surface area contributed by atoms with Crippen LogP contribution in [0.4, 0.5) is 4.39 Å². The Kier molecular flexibility index (Phi) is 7.94. The quantitative estimate of drug-likeness (QED) is 0.303. The number of ether oxygens (including phenoxy) is 2. The summed E-state index contributed by atoms with van der Waals surface area (Å²) in [5.74, 6) is -1.19. The van der Waals surface area contributed by atoms with Gasteiger partial charge in [0.1, 0.15) is 23.4 Å². The number of carboxylic acid groups (broad SMARTS) is 1. The van der Waals surface area contributed by atoms with E-state index < -0.39 is 23.7 Å². The number of carboxylic acids is 1. The second-order valence-electron chi connectivity index (χ2n) is 10.4. The number of nitrogens with one attached hydrogen (secondary N) is 1. The molecular formula is C33H33FN2O5. The lowest BCUT2D eigenvalue weighted by molar-refractivity contribution is -0.139. The molecule has 0 saturated heterocycles. The maximum absolute atomic E-state index is 14.4. The molecule has 1 atom stereocenters. The van der Waals surface area contributed by atoms with Gasteiger partial charge in [-0.3, -0.25) is 4.79 Å². The van der Waals surface area contributed by atoms with Crippen LogP contribution < -0.4 is 14.8 Å². The maximum atomic E-state index is 14.4. The monoisotopic (exact) mass is 556 g/mol. The van der Waals surface area contributed by atoms with E-state index in [1.54, 1.807) is 27.2 Å². The molecule has 1 aliphatic rings. The number of carbonyl (C=O) groups excluding carboxylic acids is 1. The van der Waals surface area contributed by atoms with Crippen molar-refractivity contribution in [3.63, 3.8) is 0 Å². The highest BCUT2D eigenvalue weighted by Crippen LogP contribution is 2.46. The van der Waals surface area contributed by atoms with Crippen LogP contribution in [0.15, 0.2) is 60.7 Å². The number of benzene rings is 4. The lowest BCUT2D eigenvalue weighted by Crippen LogP contribution is -2.42. The minimum atomic E-state index is -1.26. The van der Waals surface area contributed by atoms with E-state index in [9.17, 15) is 19.1 Å². The Morgan fingerprint density at radius 3 is 2.49 bits per heavy atom. The molecule has 41 heavy (non-hydrogen) atoms. The highest BCUT2D eigenvalue weighted by molar-refractivity contribution is 6.02. The van der Waals surface area contributed by atoms with E-state index in [0.717, 1.165) is 58.3 Å². The van der Waals surface area contributed by atoms with Crippen molar-refractivity contribution >= 4 is 22.6 Å². The average Bonchev–Trinajstić information content (AvgIpc) is 2.95. The van der Waals surface area contributed by atoms with Crippen molar-refractivity contribution < 1.29 is 28.6 Å². The first kappa shape index (κ1) is 28.1. The van der Waals surface area contributed by atoms with Crippen LogP contribution in [0.5, 0.6) is 11.5 Å². The van der Waals surface area contributed by atoms with Gasteiger partial charge in [-0.25, -0.2) is 9.18 Å². The van der Waals surface area contributed by atoms with Gasteiger partial charge in [0, 0.05) is 25.1 Å². The van der Waals surface area contributed by atoms with Crippen LogP contribution in [-0.4, -0.2) is 55.7 Å². The first-order valence-corrected chi connectivity index (χ1v) is 13.5. The molecule has 0 spiro atoms. The van der Waals surface area contributed by atoms with Gasteiger partial charge in [-0.1, -0.05) is 48.5 Å². The Bertz CT molecular complexity index is 1630. The van der Waals surface area contributed by atoms with Gasteiger partial charge in [-0.15, -0.1) is 0 Å². The minimum absolute atomic E-state index is 0.0125. The molecule has 0 aromatic heterocycles. The lowest BCUT2D eigenvalue weighted by atomic mass is 9.88. The standard InChI is InChI=1S/C33H33FN2O5/c1-19-8-5-13-26(34)29(19)32(37)35-27(33(38)39)16-20-9-6-11-23-22(20)10-7-12-24(23)30-28(40-3)17-21-14-15-36(2)18-25(21)31(30)41-4/h5-13,17,27H,14-16,18H2,1-4H3,(H,35,37)(H,38,39)/t27-/m0/s1. The Morgan fingerprint density at radius 1 is 1.05 bits per heavy atom. The molecule has 1 aliphatic heterocycles. The summed E-state index contributed by atoms with van der Waals surface area (Å²) in [6, 6.07) is 16.7. The first-order chi connectivity index (χ1) is 19.7. The highest BCUT2D eigenvalue weighted by atomic mass is 19.1. The van der Waals surface area contributed by atoms with Gasteiger partial charge >= 0.3 is 5.97 Å². The van der Waals surface area contributed by atoms with Gasteiger partial charge < -0.3 is 24.8 Å². The SMILES string of the molecule is COc1cc2c(c(OC)c1-c1cccc3c(C[C@H](NC(=O)c4c(C)cccc4F)C(=O)O)cccc13)CN(C)CC2. The van der Waals surface area contributed by atoms with E-state index in [0.29, 0.717) is 11.3 Å². The number of halogens is 1. The van der Waals surface area contributed by atoms with E-state index in [2.05, 4.69) is 23.3 Å². The third kappa shape index (κ3) is 5.35. The molecule has 0 saturated carbocycles. The fourth-order valence-corrected chi connectivity index (χ4v) is 5.77. The van der Waals surface area contributed by atoms with Crippen LogP contribution in [0.25, 0.3) is 21.9 Å². The van der Waals surface area contributed by atoms with Crippen LogP contribution in [-0.2, 0) is 24.2 Å². The van der Waals surface area contributed by atoms with Crippen molar-refractivity contribution in [3.8, 4) is 22.6 Å². The summed E-state index contributed by atoms with van der Waals surface area (Å²) in [5, 5.41) is 14.3. The van der Waals surface area contributed by atoms with Crippen molar-refractivity contribution in [1.29, 1.82) is 0 Å². The molecule has 2 N–H and O–H groups in total. The Labute approximate surface area is 238 Å². The van der Waals surface area contributed by atoms with Gasteiger partial charge in [-0.05, 0) is 65.6 Å². The van der Waals surface area contributed by atoms with Gasteiger partial charge in [0.2, 0.25) is 0 Å². The molecule has 212 valence electrons. The zero-order valence-corrected chi connectivity index (χ0v) is 23.6. The number of carbonyl (C=O) groups is 2.